The molecule has 2 aromatic carbocycles. The lowest BCUT2D eigenvalue weighted by atomic mass is 10.1. The number of hydrogen-bond donors (Lipinski definition) is 2. The minimum atomic E-state index is -0.259. The number of halogens is 1. The molecule has 122 valence electrons. The summed E-state index contributed by atoms with van der Waals surface area (Å²) < 4.78 is 11.1. The average Bonchev–Trinajstić information content (AvgIpc) is 2.54. The van der Waals surface area contributed by atoms with Gasteiger partial charge >= 0.3 is 0 Å². The van der Waals surface area contributed by atoms with Crippen molar-refractivity contribution in [2.45, 2.75) is 13.0 Å². The molecule has 0 heterocycles. The van der Waals surface area contributed by atoms with E-state index in [0.717, 1.165) is 5.56 Å². The van der Waals surface area contributed by atoms with E-state index in [1.165, 1.54) is 14.2 Å². The van der Waals surface area contributed by atoms with E-state index in [1.807, 2.05) is 13.0 Å². The van der Waals surface area contributed by atoms with Crippen LogP contribution in [0.1, 0.15) is 28.9 Å². The van der Waals surface area contributed by atoms with Crippen molar-refractivity contribution < 1.29 is 19.4 Å². The summed E-state index contributed by atoms with van der Waals surface area (Å²) in [4.78, 5) is 12.5. The van der Waals surface area contributed by atoms with Gasteiger partial charge in [0.25, 0.3) is 5.91 Å². The average molecular weight is 380 g/mol. The maximum absolute atomic E-state index is 12.5. The fourth-order valence-corrected chi connectivity index (χ4v) is 2.71. The number of benzene rings is 2. The Morgan fingerprint density at radius 3 is 2.30 bits per heavy atom. The highest BCUT2D eigenvalue weighted by atomic mass is 79.9. The number of methoxy groups -OCH3 is 2. The molecule has 0 aromatic heterocycles. The molecule has 0 aliphatic rings. The summed E-state index contributed by atoms with van der Waals surface area (Å²) >= 11 is 3.37. The van der Waals surface area contributed by atoms with Crippen LogP contribution in [0, 0.1) is 0 Å². The molecule has 6 heteroatoms. The maximum Gasteiger partial charge on any atom is 0.252 e. The summed E-state index contributed by atoms with van der Waals surface area (Å²) in [6.07, 6.45) is 0. The van der Waals surface area contributed by atoms with Crippen molar-refractivity contribution in [3.63, 3.8) is 0 Å². The smallest absolute Gasteiger partial charge is 0.252 e. The van der Waals surface area contributed by atoms with Gasteiger partial charge in [0, 0.05) is 5.56 Å². The summed E-state index contributed by atoms with van der Waals surface area (Å²) in [7, 11) is 3.05. The topological polar surface area (TPSA) is 67.8 Å². The summed E-state index contributed by atoms with van der Waals surface area (Å²) in [5, 5.41) is 12.4. The van der Waals surface area contributed by atoms with E-state index in [1.54, 1.807) is 30.3 Å². The molecule has 1 unspecified atom stereocenters. The third-order valence-electron chi connectivity index (χ3n) is 3.43. The number of nitrogens with one attached hydrogen (secondary N) is 1. The van der Waals surface area contributed by atoms with Crippen molar-refractivity contribution in [3.05, 3.63) is 52.0 Å². The van der Waals surface area contributed by atoms with Gasteiger partial charge in [0.1, 0.15) is 21.7 Å². The predicted octanol–water partition coefficient (Wildman–Crippen LogP) is 3.66. The number of phenols is 1. The van der Waals surface area contributed by atoms with Gasteiger partial charge in [-0.1, -0.05) is 12.1 Å². The quantitative estimate of drug-likeness (QED) is 0.831. The standard InChI is InChI=1S/C17H18BrNO4/c1-10(11-5-4-6-13(20)7-11)19-17(21)12-8-14(22-2)16(18)15(9-12)23-3/h4-10,20H,1-3H3,(H,19,21). The van der Waals surface area contributed by atoms with E-state index in [4.69, 9.17) is 9.47 Å². The van der Waals surface area contributed by atoms with Crippen molar-refractivity contribution in [3.8, 4) is 17.2 Å². The third-order valence-corrected chi connectivity index (χ3v) is 4.21. The second-order valence-electron chi connectivity index (χ2n) is 4.98. The molecule has 0 aliphatic heterocycles. The van der Waals surface area contributed by atoms with E-state index in [-0.39, 0.29) is 17.7 Å². The lowest BCUT2D eigenvalue weighted by Gasteiger charge is -2.16. The molecule has 0 fully saturated rings. The zero-order valence-electron chi connectivity index (χ0n) is 13.1. The summed E-state index contributed by atoms with van der Waals surface area (Å²) in [5.74, 6) is 0.930. The van der Waals surface area contributed by atoms with Crippen LogP contribution in [0.5, 0.6) is 17.2 Å². The van der Waals surface area contributed by atoms with Gasteiger partial charge in [-0.05, 0) is 52.7 Å². The van der Waals surface area contributed by atoms with Crippen LogP contribution < -0.4 is 14.8 Å². The molecule has 2 N–H and O–H groups in total. The Hall–Kier alpha value is -2.21. The van der Waals surface area contributed by atoms with Crippen molar-refractivity contribution in [2.75, 3.05) is 14.2 Å². The molecule has 1 atom stereocenters. The van der Waals surface area contributed by atoms with Crippen molar-refractivity contribution >= 4 is 21.8 Å². The van der Waals surface area contributed by atoms with Crippen LogP contribution >= 0.6 is 15.9 Å². The zero-order valence-corrected chi connectivity index (χ0v) is 14.7. The number of ether oxygens (including phenoxy) is 2. The van der Waals surface area contributed by atoms with Crippen molar-refractivity contribution in [1.29, 1.82) is 0 Å². The molecular formula is C17H18BrNO4. The molecule has 0 saturated carbocycles. The number of amides is 1. The number of phenolic OH excluding ortho intramolecular Hbond substituents is 1. The highest BCUT2D eigenvalue weighted by Crippen LogP contribution is 2.35. The second-order valence-corrected chi connectivity index (χ2v) is 5.78. The normalized spacial score (nSPS) is 11.7. The van der Waals surface area contributed by atoms with E-state index in [2.05, 4.69) is 21.2 Å². The number of carbonyl (C=O) groups is 1. The largest absolute Gasteiger partial charge is 0.508 e. The van der Waals surface area contributed by atoms with Crippen LogP contribution in [0.3, 0.4) is 0 Å². The molecule has 0 spiro atoms. The summed E-state index contributed by atoms with van der Waals surface area (Å²) in [5.41, 5.74) is 1.24. The molecule has 0 saturated heterocycles. The first kappa shape index (κ1) is 17.1. The molecule has 2 aromatic rings. The van der Waals surface area contributed by atoms with Gasteiger partial charge in [-0.3, -0.25) is 4.79 Å². The van der Waals surface area contributed by atoms with Crippen molar-refractivity contribution in [2.24, 2.45) is 0 Å². The zero-order chi connectivity index (χ0) is 17.0. The van der Waals surface area contributed by atoms with Crippen LogP contribution in [0.15, 0.2) is 40.9 Å². The van der Waals surface area contributed by atoms with Crippen LogP contribution in [-0.4, -0.2) is 25.2 Å². The molecule has 23 heavy (non-hydrogen) atoms. The third kappa shape index (κ3) is 3.96. The SMILES string of the molecule is COc1cc(C(=O)NC(C)c2cccc(O)c2)cc(OC)c1Br. The molecule has 5 nitrogen and oxygen atoms in total. The van der Waals surface area contributed by atoms with Crippen molar-refractivity contribution in [1.82, 2.24) is 5.32 Å². The van der Waals surface area contributed by atoms with Gasteiger partial charge in [0.15, 0.2) is 0 Å². The van der Waals surface area contributed by atoms with Crippen LogP contribution in [-0.2, 0) is 0 Å². The number of carbonyl (C=O) groups excluding carboxylic acids is 1. The Balaban J connectivity index is 2.23. The lowest BCUT2D eigenvalue weighted by Crippen LogP contribution is -2.26. The van der Waals surface area contributed by atoms with Gasteiger partial charge in [-0.2, -0.15) is 0 Å². The van der Waals surface area contributed by atoms with Crippen LogP contribution in [0.2, 0.25) is 0 Å². The Kier molecular flexibility index (Phi) is 5.50. The van der Waals surface area contributed by atoms with Gasteiger partial charge in [-0.25, -0.2) is 0 Å². The van der Waals surface area contributed by atoms with E-state index in [0.29, 0.717) is 21.5 Å². The van der Waals surface area contributed by atoms with Gasteiger partial charge in [0.2, 0.25) is 0 Å². The number of aromatic hydroxyl groups is 1. The minimum absolute atomic E-state index is 0.163. The molecule has 2 rings (SSSR count). The maximum atomic E-state index is 12.5. The minimum Gasteiger partial charge on any atom is -0.508 e. The first-order valence-electron chi connectivity index (χ1n) is 6.97. The second kappa shape index (κ2) is 7.37. The highest BCUT2D eigenvalue weighted by molar-refractivity contribution is 9.10. The first-order chi connectivity index (χ1) is 11.0. The van der Waals surface area contributed by atoms with E-state index < -0.39 is 0 Å². The Labute approximate surface area is 143 Å². The Morgan fingerprint density at radius 1 is 1.17 bits per heavy atom. The fraction of sp³-hybridized carbons (Fsp3) is 0.235. The molecular weight excluding hydrogens is 362 g/mol. The van der Waals surface area contributed by atoms with Crippen LogP contribution in [0.4, 0.5) is 0 Å². The van der Waals surface area contributed by atoms with Crippen LogP contribution in [0.25, 0.3) is 0 Å². The molecule has 0 aliphatic carbocycles. The van der Waals surface area contributed by atoms with E-state index in [9.17, 15) is 9.90 Å². The molecule has 1 amide bonds. The molecule has 0 radical (unpaired) electrons. The number of rotatable bonds is 5. The predicted molar refractivity (Wildman–Crippen MR) is 91.2 cm³/mol. The van der Waals surface area contributed by atoms with Gasteiger partial charge in [0.05, 0.1) is 20.3 Å². The summed E-state index contributed by atoms with van der Waals surface area (Å²) in [6, 6.07) is 9.80. The Bertz CT molecular complexity index is 692. The van der Waals surface area contributed by atoms with Gasteiger partial charge in [-0.15, -0.1) is 0 Å². The first-order valence-corrected chi connectivity index (χ1v) is 7.77. The molecule has 0 bridgehead atoms. The highest BCUT2D eigenvalue weighted by Gasteiger charge is 2.17. The summed E-state index contributed by atoms with van der Waals surface area (Å²) in [6.45, 7) is 1.85. The van der Waals surface area contributed by atoms with Gasteiger partial charge < -0.3 is 19.9 Å². The monoisotopic (exact) mass is 379 g/mol. The Morgan fingerprint density at radius 2 is 1.78 bits per heavy atom. The fourth-order valence-electron chi connectivity index (χ4n) is 2.16. The lowest BCUT2D eigenvalue weighted by molar-refractivity contribution is 0.0939. The number of hydrogen-bond acceptors (Lipinski definition) is 4. The van der Waals surface area contributed by atoms with E-state index >= 15 is 0 Å².